The number of ether oxygens (including phenoxy) is 1. The Morgan fingerprint density at radius 1 is 0.931 bits per heavy atom. The Hall–Kier alpha value is -2.83. The fraction of sp³-hybridized carbons (Fsp3) is 0.500. The zero-order valence-electron chi connectivity index (χ0n) is 17.1. The van der Waals surface area contributed by atoms with Crippen molar-refractivity contribution >= 4 is 17.9 Å². The fourth-order valence-corrected chi connectivity index (χ4v) is 3.91. The number of aromatic nitrogens is 2. The third-order valence-corrected chi connectivity index (χ3v) is 5.54. The van der Waals surface area contributed by atoms with Crippen LogP contribution in [0.2, 0.25) is 0 Å². The van der Waals surface area contributed by atoms with E-state index in [0.29, 0.717) is 32.8 Å². The van der Waals surface area contributed by atoms with Crippen LogP contribution >= 0.6 is 0 Å². The smallest absolute Gasteiger partial charge is 0.409 e. The molecule has 0 spiro atoms. The fourth-order valence-electron chi connectivity index (χ4n) is 3.91. The van der Waals surface area contributed by atoms with Gasteiger partial charge in [0.2, 0.25) is 5.95 Å². The van der Waals surface area contributed by atoms with Gasteiger partial charge < -0.3 is 19.4 Å². The van der Waals surface area contributed by atoms with E-state index in [4.69, 9.17) is 14.7 Å². The molecular weight excluding hydrogens is 366 g/mol. The summed E-state index contributed by atoms with van der Waals surface area (Å²) in [6.07, 6.45) is 3.46. The highest BCUT2D eigenvalue weighted by atomic mass is 16.6. The predicted octanol–water partition coefficient (Wildman–Crippen LogP) is 3.41. The Morgan fingerprint density at radius 3 is 2.34 bits per heavy atom. The van der Waals surface area contributed by atoms with Crippen LogP contribution in [0.5, 0.6) is 0 Å². The summed E-state index contributed by atoms with van der Waals surface area (Å²) in [6, 6.07) is 12.4. The Bertz CT molecular complexity index is 815. The van der Waals surface area contributed by atoms with Crippen molar-refractivity contribution in [2.24, 2.45) is 0 Å². The standard InChI is InChI=1S/C22H29N5O2/c1-2-29-22(28)27-15-13-26(14-16-27)21-23-19(18-9-5-3-6-10-18)17-20(24-21)25-11-7-4-8-12-25/h3,5-6,9-10,17H,2,4,7-8,11-16H2,1H3. The molecule has 1 aromatic heterocycles. The minimum atomic E-state index is -0.236. The molecular formula is C22H29N5O2. The molecule has 0 aliphatic carbocycles. The maximum atomic E-state index is 12.0. The van der Waals surface area contributed by atoms with Gasteiger partial charge in [-0.15, -0.1) is 0 Å². The second-order valence-electron chi connectivity index (χ2n) is 7.50. The van der Waals surface area contributed by atoms with Crippen LogP contribution in [0.3, 0.4) is 0 Å². The molecule has 2 aliphatic heterocycles. The zero-order valence-corrected chi connectivity index (χ0v) is 17.1. The second kappa shape index (κ2) is 9.11. The molecule has 1 amide bonds. The van der Waals surface area contributed by atoms with Gasteiger partial charge in [-0.25, -0.2) is 9.78 Å². The van der Waals surface area contributed by atoms with Crippen molar-refractivity contribution in [1.82, 2.24) is 14.9 Å². The lowest BCUT2D eigenvalue weighted by Crippen LogP contribution is -2.49. The third-order valence-electron chi connectivity index (χ3n) is 5.54. The van der Waals surface area contributed by atoms with Gasteiger partial charge >= 0.3 is 6.09 Å². The van der Waals surface area contributed by atoms with Gasteiger partial charge in [0.05, 0.1) is 12.3 Å². The first-order valence-electron chi connectivity index (χ1n) is 10.6. The monoisotopic (exact) mass is 395 g/mol. The molecule has 3 heterocycles. The van der Waals surface area contributed by atoms with Gasteiger partial charge in [0.15, 0.2) is 0 Å². The molecule has 2 aliphatic rings. The van der Waals surface area contributed by atoms with Crippen molar-refractivity contribution in [2.45, 2.75) is 26.2 Å². The molecule has 0 N–H and O–H groups in total. The first kappa shape index (κ1) is 19.5. The second-order valence-corrected chi connectivity index (χ2v) is 7.50. The first-order valence-corrected chi connectivity index (χ1v) is 10.6. The van der Waals surface area contributed by atoms with E-state index in [1.807, 2.05) is 25.1 Å². The highest BCUT2D eigenvalue weighted by Gasteiger charge is 2.25. The van der Waals surface area contributed by atoms with Gasteiger partial charge in [-0.2, -0.15) is 4.98 Å². The van der Waals surface area contributed by atoms with E-state index in [2.05, 4.69) is 28.0 Å². The maximum absolute atomic E-state index is 12.0. The molecule has 4 rings (SSSR count). The van der Waals surface area contributed by atoms with Gasteiger partial charge in [0.25, 0.3) is 0 Å². The molecule has 29 heavy (non-hydrogen) atoms. The summed E-state index contributed by atoms with van der Waals surface area (Å²) in [6.45, 7) is 6.98. The van der Waals surface area contributed by atoms with Crippen LogP contribution in [0.1, 0.15) is 26.2 Å². The Kier molecular flexibility index (Phi) is 6.12. The number of piperidine rings is 1. The Balaban J connectivity index is 1.58. The molecule has 0 unspecified atom stereocenters. The molecule has 2 aromatic rings. The van der Waals surface area contributed by atoms with E-state index < -0.39 is 0 Å². The lowest BCUT2D eigenvalue weighted by molar-refractivity contribution is 0.105. The minimum Gasteiger partial charge on any atom is -0.450 e. The number of carbonyl (C=O) groups excluding carboxylic acids is 1. The van der Waals surface area contributed by atoms with Gasteiger partial charge in [0, 0.05) is 50.9 Å². The predicted molar refractivity (Wildman–Crippen MR) is 114 cm³/mol. The number of carbonyl (C=O) groups is 1. The number of piperazine rings is 1. The number of nitrogens with zero attached hydrogens (tertiary/aromatic N) is 5. The number of anilines is 2. The summed E-state index contributed by atoms with van der Waals surface area (Å²) in [5.41, 5.74) is 2.04. The van der Waals surface area contributed by atoms with Crippen LogP contribution < -0.4 is 9.80 Å². The van der Waals surface area contributed by atoms with Crippen LogP contribution in [-0.4, -0.2) is 66.8 Å². The van der Waals surface area contributed by atoms with E-state index >= 15 is 0 Å². The number of hydrogen-bond donors (Lipinski definition) is 0. The summed E-state index contributed by atoms with van der Waals surface area (Å²) < 4.78 is 5.13. The highest BCUT2D eigenvalue weighted by Crippen LogP contribution is 2.27. The molecule has 0 bridgehead atoms. The van der Waals surface area contributed by atoms with Crippen LogP contribution in [0.4, 0.5) is 16.6 Å². The summed E-state index contributed by atoms with van der Waals surface area (Å²) in [5.74, 6) is 1.75. The molecule has 2 saturated heterocycles. The van der Waals surface area contributed by atoms with Crippen molar-refractivity contribution in [3.05, 3.63) is 36.4 Å². The molecule has 7 nitrogen and oxygen atoms in total. The maximum Gasteiger partial charge on any atom is 0.409 e. The first-order chi connectivity index (χ1) is 14.2. The van der Waals surface area contributed by atoms with Crippen LogP contribution in [0.15, 0.2) is 36.4 Å². The lowest BCUT2D eigenvalue weighted by atomic mass is 10.1. The normalized spacial score (nSPS) is 17.3. The molecule has 154 valence electrons. The van der Waals surface area contributed by atoms with Crippen molar-refractivity contribution < 1.29 is 9.53 Å². The molecule has 7 heteroatoms. The van der Waals surface area contributed by atoms with Gasteiger partial charge in [-0.05, 0) is 26.2 Å². The van der Waals surface area contributed by atoms with Crippen molar-refractivity contribution in [3.8, 4) is 11.3 Å². The average molecular weight is 396 g/mol. The molecule has 0 saturated carbocycles. The molecule has 0 radical (unpaired) electrons. The van der Waals surface area contributed by atoms with Crippen molar-refractivity contribution in [3.63, 3.8) is 0 Å². The molecule has 0 atom stereocenters. The zero-order chi connectivity index (χ0) is 20.1. The largest absolute Gasteiger partial charge is 0.450 e. The summed E-state index contributed by atoms with van der Waals surface area (Å²) in [5, 5.41) is 0. The number of amides is 1. The van der Waals surface area contributed by atoms with E-state index in [1.54, 1.807) is 4.90 Å². The Labute approximate surface area is 172 Å². The van der Waals surface area contributed by atoms with Crippen LogP contribution in [0.25, 0.3) is 11.3 Å². The summed E-state index contributed by atoms with van der Waals surface area (Å²) >= 11 is 0. The van der Waals surface area contributed by atoms with Crippen LogP contribution in [0, 0.1) is 0 Å². The SMILES string of the molecule is CCOC(=O)N1CCN(c2nc(-c3ccccc3)cc(N3CCCCC3)n2)CC1. The summed E-state index contributed by atoms with van der Waals surface area (Å²) in [4.78, 5) is 28.1. The minimum absolute atomic E-state index is 0.236. The van der Waals surface area contributed by atoms with Gasteiger partial charge in [-0.3, -0.25) is 0 Å². The Morgan fingerprint density at radius 2 is 1.66 bits per heavy atom. The van der Waals surface area contributed by atoms with Crippen LogP contribution in [-0.2, 0) is 4.74 Å². The third kappa shape index (κ3) is 4.60. The van der Waals surface area contributed by atoms with Gasteiger partial charge in [-0.1, -0.05) is 30.3 Å². The highest BCUT2D eigenvalue weighted by molar-refractivity contribution is 5.68. The topological polar surface area (TPSA) is 61.8 Å². The lowest BCUT2D eigenvalue weighted by Gasteiger charge is -2.35. The average Bonchev–Trinajstić information content (AvgIpc) is 2.80. The van der Waals surface area contributed by atoms with E-state index in [-0.39, 0.29) is 6.09 Å². The van der Waals surface area contributed by atoms with Crippen molar-refractivity contribution in [2.75, 3.05) is 55.7 Å². The number of hydrogen-bond acceptors (Lipinski definition) is 6. The van der Waals surface area contributed by atoms with Gasteiger partial charge in [0.1, 0.15) is 5.82 Å². The van der Waals surface area contributed by atoms with E-state index in [0.717, 1.165) is 36.1 Å². The van der Waals surface area contributed by atoms with E-state index in [9.17, 15) is 4.79 Å². The molecule has 1 aromatic carbocycles. The van der Waals surface area contributed by atoms with Crippen molar-refractivity contribution in [1.29, 1.82) is 0 Å². The summed E-state index contributed by atoms with van der Waals surface area (Å²) in [7, 11) is 0. The number of rotatable bonds is 4. The van der Waals surface area contributed by atoms with E-state index in [1.165, 1.54) is 19.3 Å². The quantitative estimate of drug-likeness (QED) is 0.791. The molecule has 2 fully saturated rings. The number of benzene rings is 1.